The lowest BCUT2D eigenvalue weighted by Gasteiger charge is -2.27. The molecule has 0 bridgehead atoms. The maximum atomic E-state index is 13.4. The van der Waals surface area contributed by atoms with E-state index in [-0.39, 0.29) is 24.5 Å². The molecule has 8 heteroatoms. The normalized spacial score (nSPS) is 12.3. The average Bonchev–Trinajstić information content (AvgIpc) is 3.48. The molecule has 32 heavy (non-hydrogen) atoms. The van der Waals surface area contributed by atoms with Crippen molar-refractivity contribution in [2.24, 2.45) is 0 Å². The number of aromatic nitrogens is 1. The Morgan fingerprint density at radius 1 is 1.22 bits per heavy atom. The Morgan fingerprint density at radius 3 is 2.66 bits per heavy atom. The van der Waals surface area contributed by atoms with E-state index in [2.05, 4.69) is 4.37 Å². The molecule has 0 radical (unpaired) electrons. The fourth-order valence-electron chi connectivity index (χ4n) is 3.03. The first-order chi connectivity index (χ1) is 16.2. The van der Waals surface area contributed by atoms with Crippen LogP contribution in [0.25, 0.3) is 11.3 Å². The van der Waals surface area contributed by atoms with Crippen molar-refractivity contribution in [1.82, 2.24) is 9.27 Å². The van der Waals surface area contributed by atoms with Crippen molar-refractivity contribution >= 4 is 23.4 Å². The van der Waals surface area contributed by atoms with Crippen LogP contribution in [0.15, 0.2) is 52.5 Å². The molecule has 0 unspecified atom stereocenters. The number of nitrogens with zero attached hydrogens (tertiary/aromatic N) is 2. The topological polar surface area (TPSA) is 92.9 Å². The highest BCUT2D eigenvalue weighted by Gasteiger charge is 2.22. The first-order valence-electron chi connectivity index (χ1n) is 11.5. The van der Waals surface area contributed by atoms with Gasteiger partial charge in [0.15, 0.2) is 0 Å². The number of carbonyl (C=O) groups excluding carboxylic acids is 1. The van der Waals surface area contributed by atoms with E-state index in [1.54, 1.807) is 55.8 Å². The third-order valence-corrected chi connectivity index (χ3v) is 5.34. The zero-order valence-corrected chi connectivity index (χ0v) is 18.9. The molecule has 0 fully saturated rings. The minimum atomic E-state index is -2.16. The van der Waals surface area contributed by atoms with Crippen molar-refractivity contribution in [1.29, 1.82) is 0 Å². The molecule has 0 atom stereocenters. The number of carbonyl (C=O) groups is 2. The van der Waals surface area contributed by atoms with Gasteiger partial charge in [0.2, 0.25) is 5.88 Å². The van der Waals surface area contributed by atoms with Gasteiger partial charge in [-0.05, 0) is 68.9 Å². The molecule has 2 aromatic heterocycles. The van der Waals surface area contributed by atoms with Crippen LogP contribution >= 0.6 is 11.5 Å². The molecular weight excluding hydrogens is 428 g/mol. The van der Waals surface area contributed by atoms with Crippen molar-refractivity contribution in [3.63, 3.8) is 0 Å². The molecular formula is C24H28N2O5S. The number of hydrogen-bond acceptors (Lipinski definition) is 6. The number of carboxylic acids is 1. The number of carboxylic acid groups (broad SMARTS) is 1. The summed E-state index contributed by atoms with van der Waals surface area (Å²) < 4.78 is 32.9. The van der Waals surface area contributed by atoms with Crippen LogP contribution in [0.4, 0.5) is 0 Å². The zero-order chi connectivity index (χ0) is 24.7. The Bertz CT molecular complexity index is 1080. The minimum absolute atomic E-state index is 0.110. The maximum absolute atomic E-state index is 13.4. The molecule has 1 N–H and O–H groups in total. The SMILES string of the molecule is [2H]C([2H])(c1csnc1OCCCCCC(=O)O)N(C(=O)c1ccc(-c2ccco2)cc1)C(C)C. The average molecular weight is 459 g/mol. The van der Waals surface area contributed by atoms with Crippen LogP contribution in [-0.4, -0.2) is 38.9 Å². The van der Waals surface area contributed by atoms with Gasteiger partial charge in [-0.1, -0.05) is 12.1 Å². The fourth-order valence-corrected chi connectivity index (χ4v) is 3.59. The van der Waals surface area contributed by atoms with Crippen LogP contribution in [0.1, 0.15) is 58.2 Å². The third kappa shape index (κ3) is 6.43. The number of furan rings is 1. The molecule has 0 spiro atoms. The standard InChI is InChI=1S/C24H28N2O5S/c1-17(2)26(24(29)19-11-9-18(10-12-19)21-7-6-14-30-21)15-20-16-32-25-23(20)31-13-5-3-4-8-22(27)28/h6-7,9-12,14,16-17H,3-5,8,13,15H2,1-2H3,(H,27,28)/i15D2. The number of ether oxygens (including phenoxy) is 1. The summed E-state index contributed by atoms with van der Waals surface area (Å²) in [5.74, 6) is -0.439. The van der Waals surface area contributed by atoms with Crippen molar-refractivity contribution < 1.29 is 26.6 Å². The fraction of sp³-hybridized carbons (Fsp3) is 0.375. The van der Waals surface area contributed by atoms with Crippen molar-refractivity contribution in [2.45, 2.75) is 52.1 Å². The predicted octanol–water partition coefficient (Wildman–Crippen LogP) is 5.48. The van der Waals surface area contributed by atoms with Crippen LogP contribution in [0.2, 0.25) is 0 Å². The molecule has 3 rings (SSSR count). The summed E-state index contributed by atoms with van der Waals surface area (Å²) in [6.45, 7) is 1.65. The molecule has 3 aromatic rings. The van der Waals surface area contributed by atoms with E-state index < -0.39 is 24.4 Å². The molecule has 0 saturated heterocycles. The van der Waals surface area contributed by atoms with Crippen LogP contribution < -0.4 is 4.74 Å². The second-order valence-corrected chi connectivity index (χ2v) is 8.15. The van der Waals surface area contributed by atoms with E-state index in [0.29, 0.717) is 30.6 Å². The van der Waals surface area contributed by atoms with E-state index in [4.69, 9.17) is 17.0 Å². The summed E-state index contributed by atoms with van der Waals surface area (Å²) in [5, 5.41) is 10.3. The highest BCUT2D eigenvalue weighted by atomic mass is 32.1. The Hall–Kier alpha value is -3.13. The number of aliphatic carboxylic acids is 1. The molecule has 0 aliphatic heterocycles. The summed E-state index contributed by atoms with van der Waals surface area (Å²) in [6, 6.07) is 10.0. The minimum Gasteiger partial charge on any atom is -0.481 e. The number of benzene rings is 1. The number of amides is 1. The number of rotatable bonds is 12. The molecule has 0 saturated carbocycles. The highest BCUT2D eigenvalue weighted by Crippen LogP contribution is 2.25. The summed E-state index contributed by atoms with van der Waals surface area (Å²) in [6.07, 6.45) is 3.55. The van der Waals surface area contributed by atoms with Gasteiger partial charge >= 0.3 is 5.97 Å². The van der Waals surface area contributed by atoms with E-state index in [1.807, 2.05) is 6.07 Å². The van der Waals surface area contributed by atoms with Crippen molar-refractivity contribution in [3.05, 3.63) is 59.2 Å². The third-order valence-electron chi connectivity index (χ3n) is 4.72. The Labute approximate surface area is 194 Å². The van der Waals surface area contributed by atoms with Crippen LogP contribution in [0.5, 0.6) is 5.88 Å². The van der Waals surface area contributed by atoms with Gasteiger partial charge < -0.3 is 19.2 Å². The van der Waals surface area contributed by atoms with Gasteiger partial charge in [0.1, 0.15) is 5.76 Å². The predicted molar refractivity (Wildman–Crippen MR) is 123 cm³/mol. The van der Waals surface area contributed by atoms with Crippen LogP contribution in [-0.2, 0) is 11.3 Å². The zero-order valence-electron chi connectivity index (χ0n) is 20.1. The molecule has 170 valence electrons. The lowest BCUT2D eigenvalue weighted by atomic mass is 10.1. The van der Waals surface area contributed by atoms with E-state index in [1.165, 1.54) is 4.90 Å². The lowest BCUT2D eigenvalue weighted by Crippen LogP contribution is -2.36. The van der Waals surface area contributed by atoms with Gasteiger partial charge in [0.05, 0.1) is 22.1 Å². The van der Waals surface area contributed by atoms with E-state index >= 15 is 0 Å². The quantitative estimate of drug-likeness (QED) is 0.361. The second kappa shape index (κ2) is 11.5. The van der Waals surface area contributed by atoms with Gasteiger partial charge in [0.25, 0.3) is 5.91 Å². The summed E-state index contributed by atoms with van der Waals surface area (Å²) in [4.78, 5) is 25.2. The maximum Gasteiger partial charge on any atom is 0.303 e. The van der Waals surface area contributed by atoms with Gasteiger partial charge in [-0.2, -0.15) is 4.37 Å². The van der Waals surface area contributed by atoms with E-state index in [0.717, 1.165) is 17.1 Å². The second-order valence-electron chi connectivity index (χ2n) is 7.52. The van der Waals surface area contributed by atoms with Crippen LogP contribution in [0, 0.1) is 0 Å². The Balaban J connectivity index is 1.73. The molecule has 1 amide bonds. The molecule has 0 aliphatic carbocycles. The molecule has 0 aliphatic rings. The summed E-state index contributed by atoms with van der Waals surface area (Å²) >= 11 is 1.06. The van der Waals surface area contributed by atoms with Crippen molar-refractivity contribution in [3.8, 4) is 17.2 Å². The Kier molecular flexibility index (Phi) is 7.44. The molecule has 1 aromatic carbocycles. The van der Waals surface area contributed by atoms with E-state index in [9.17, 15) is 9.59 Å². The first-order valence-corrected chi connectivity index (χ1v) is 11.3. The smallest absolute Gasteiger partial charge is 0.303 e. The van der Waals surface area contributed by atoms with Gasteiger partial charge in [0, 0.05) is 34.5 Å². The number of unbranched alkanes of at least 4 members (excludes halogenated alkanes) is 2. The monoisotopic (exact) mass is 458 g/mol. The van der Waals surface area contributed by atoms with Crippen LogP contribution in [0.3, 0.4) is 0 Å². The van der Waals surface area contributed by atoms with Gasteiger partial charge in [-0.25, -0.2) is 0 Å². The van der Waals surface area contributed by atoms with Crippen molar-refractivity contribution in [2.75, 3.05) is 6.61 Å². The number of hydrogen-bond donors (Lipinski definition) is 1. The first kappa shape index (κ1) is 20.8. The summed E-state index contributed by atoms with van der Waals surface area (Å²) in [5.41, 5.74) is 1.37. The lowest BCUT2D eigenvalue weighted by molar-refractivity contribution is -0.137. The molecule has 2 heterocycles. The largest absolute Gasteiger partial charge is 0.481 e. The van der Waals surface area contributed by atoms with Gasteiger partial charge in [-0.15, -0.1) is 0 Å². The van der Waals surface area contributed by atoms with Gasteiger partial charge in [-0.3, -0.25) is 9.59 Å². The summed E-state index contributed by atoms with van der Waals surface area (Å²) in [7, 11) is 0. The highest BCUT2D eigenvalue weighted by molar-refractivity contribution is 7.03. The molecule has 7 nitrogen and oxygen atoms in total. The Morgan fingerprint density at radius 2 is 2.00 bits per heavy atom.